The monoisotopic (exact) mass is 331 g/mol. The van der Waals surface area contributed by atoms with Crippen LogP contribution in [-0.4, -0.2) is 18.9 Å². The SMILES string of the molecule is O=S(=O)(Oc1ccc(CCc2ccccn2)cc1)C(F)(F)F. The van der Waals surface area contributed by atoms with E-state index in [2.05, 4.69) is 9.17 Å². The highest BCUT2D eigenvalue weighted by atomic mass is 32.2. The number of halogens is 3. The molecule has 0 spiro atoms. The number of hydrogen-bond acceptors (Lipinski definition) is 4. The van der Waals surface area contributed by atoms with Crippen molar-refractivity contribution in [1.82, 2.24) is 4.98 Å². The van der Waals surface area contributed by atoms with Crippen molar-refractivity contribution in [1.29, 1.82) is 0 Å². The molecule has 8 heteroatoms. The van der Waals surface area contributed by atoms with E-state index in [-0.39, 0.29) is 5.75 Å². The molecule has 118 valence electrons. The first-order valence-electron chi connectivity index (χ1n) is 6.27. The molecule has 0 saturated heterocycles. The molecule has 0 unspecified atom stereocenters. The fraction of sp³-hybridized carbons (Fsp3) is 0.214. The maximum Gasteiger partial charge on any atom is 0.534 e. The van der Waals surface area contributed by atoms with Gasteiger partial charge in [0.2, 0.25) is 0 Å². The zero-order valence-electron chi connectivity index (χ0n) is 11.2. The van der Waals surface area contributed by atoms with Crippen LogP contribution in [0, 0.1) is 0 Å². The van der Waals surface area contributed by atoms with E-state index in [1.807, 2.05) is 12.1 Å². The summed E-state index contributed by atoms with van der Waals surface area (Å²) in [6.45, 7) is 0. The molecule has 1 aromatic carbocycles. The van der Waals surface area contributed by atoms with E-state index in [4.69, 9.17) is 0 Å². The molecular formula is C14H12F3NO3S. The van der Waals surface area contributed by atoms with E-state index in [0.717, 1.165) is 11.3 Å². The van der Waals surface area contributed by atoms with Crippen molar-refractivity contribution in [2.75, 3.05) is 0 Å². The van der Waals surface area contributed by atoms with Gasteiger partial charge >= 0.3 is 15.6 Å². The topological polar surface area (TPSA) is 56.3 Å². The van der Waals surface area contributed by atoms with Gasteiger partial charge in [-0.3, -0.25) is 4.98 Å². The summed E-state index contributed by atoms with van der Waals surface area (Å²) in [6, 6.07) is 11.0. The number of nitrogens with zero attached hydrogens (tertiary/aromatic N) is 1. The van der Waals surface area contributed by atoms with Gasteiger partial charge in [-0.2, -0.15) is 21.6 Å². The van der Waals surface area contributed by atoms with Crippen molar-refractivity contribution < 1.29 is 25.8 Å². The quantitative estimate of drug-likeness (QED) is 0.624. The smallest absolute Gasteiger partial charge is 0.376 e. The molecule has 1 aromatic heterocycles. The number of aromatic nitrogens is 1. The molecule has 0 atom stereocenters. The Kier molecular flexibility index (Phi) is 4.70. The summed E-state index contributed by atoms with van der Waals surface area (Å²) < 4.78 is 62.3. The molecule has 2 rings (SSSR count). The molecule has 2 aromatic rings. The first-order valence-corrected chi connectivity index (χ1v) is 7.68. The summed E-state index contributed by atoms with van der Waals surface area (Å²) >= 11 is 0. The lowest BCUT2D eigenvalue weighted by Crippen LogP contribution is -2.28. The Balaban J connectivity index is 1.99. The highest BCUT2D eigenvalue weighted by molar-refractivity contribution is 7.87. The second-order valence-corrected chi connectivity index (χ2v) is 5.99. The Morgan fingerprint density at radius 1 is 1.00 bits per heavy atom. The van der Waals surface area contributed by atoms with Gasteiger partial charge in [-0.05, 0) is 42.7 Å². The van der Waals surface area contributed by atoms with Crippen LogP contribution in [0.15, 0.2) is 48.7 Å². The Morgan fingerprint density at radius 2 is 1.68 bits per heavy atom. The lowest BCUT2D eigenvalue weighted by atomic mass is 10.1. The lowest BCUT2D eigenvalue weighted by Gasteiger charge is -2.09. The zero-order valence-corrected chi connectivity index (χ0v) is 12.1. The van der Waals surface area contributed by atoms with Crippen LogP contribution in [0.2, 0.25) is 0 Å². The van der Waals surface area contributed by atoms with Crippen LogP contribution in [0.1, 0.15) is 11.3 Å². The summed E-state index contributed by atoms with van der Waals surface area (Å²) in [5, 5.41) is 0. The summed E-state index contributed by atoms with van der Waals surface area (Å²) in [7, 11) is -5.63. The maximum absolute atomic E-state index is 12.2. The minimum atomic E-state index is -5.63. The van der Waals surface area contributed by atoms with Gasteiger partial charge in [-0.1, -0.05) is 18.2 Å². The van der Waals surface area contributed by atoms with Crippen LogP contribution in [0.5, 0.6) is 5.75 Å². The first kappa shape index (κ1) is 16.3. The maximum atomic E-state index is 12.2. The minimum absolute atomic E-state index is 0.376. The van der Waals surface area contributed by atoms with Gasteiger partial charge in [0.1, 0.15) is 5.75 Å². The molecule has 0 aliphatic rings. The molecule has 4 nitrogen and oxygen atoms in total. The largest absolute Gasteiger partial charge is 0.534 e. The Morgan fingerprint density at radius 3 is 2.23 bits per heavy atom. The number of rotatable bonds is 5. The second-order valence-electron chi connectivity index (χ2n) is 4.45. The normalized spacial score (nSPS) is 12.1. The summed E-state index contributed by atoms with van der Waals surface area (Å²) in [5.74, 6) is -0.376. The Labute approximate surface area is 125 Å². The standard InChI is InChI=1S/C14H12F3NO3S/c15-14(16,17)22(19,20)21-13-8-5-11(6-9-13)4-7-12-3-1-2-10-18-12/h1-3,5-6,8-10H,4,7H2. The molecule has 0 N–H and O–H groups in total. The van der Waals surface area contributed by atoms with Crippen molar-refractivity contribution >= 4 is 10.1 Å². The van der Waals surface area contributed by atoms with Crippen molar-refractivity contribution in [3.05, 3.63) is 59.9 Å². The van der Waals surface area contributed by atoms with Crippen molar-refractivity contribution in [3.63, 3.8) is 0 Å². The molecular weight excluding hydrogens is 319 g/mol. The van der Waals surface area contributed by atoms with Gasteiger partial charge in [0.15, 0.2) is 0 Å². The minimum Gasteiger partial charge on any atom is -0.376 e. The van der Waals surface area contributed by atoms with E-state index >= 15 is 0 Å². The Hall–Kier alpha value is -2.09. The van der Waals surface area contributed by atoms with Gasteiger partial charge in [-0.15, -0.1) is 0 Å². The van der Waals surface area contributed by atoms with Crippen LogP contribution in [0.3, 0.4) is 0 Å². The average molecular weight is 331 g/mol. The lowest BCUT2D eigenvalue weighted by molar-refractivity contribution is -0.0500. The van der Waals surface area contributed by atoms with Crippen molar-refractivity contribution in [2.45, 2.75) is 18.3 Å². The van der Waals surface area contributed by atoms with Crippen LogP contribution >= 0.6 is 0 Å². The van der Waals surface area contributed by atoms with Crippen LogP contribution in [-0.2, 0) is 23.0 Å². The third kappa shape index (κ3) is 4.20. The number of pyridine rings is 1. The fourth-order valence-corrected chi connectivity index (χ4v) is 2.16. The third-order valence-corrected chi connectivity index (χ3v) is 3.79. The third-order valence-electron chi connectivity index (χ3n) is 2.81. The molecule has 0 bridgehead atoms. The summed E-state index contributed by atoms with van der Waals surface area (Å²) in [5.41, 5.74) is -3.71. The van der Waals surface area contributed by atoms with Gasteiger partial charge in [0.25, 0.3) is 0 Å². The molecule has 0 aliphatic carbocycles. The Bertz CT molecular complexity index is 713. The average Bonchev–Trinajstić information content (AvgIpc) is 2.46. The number of benzene rings is 1. The molecule has 0 amide bonds. The fourth-order valence-electron chi connectivity index (χ4n) is 1.70. The van der Waals surface area contributed by atoms with Crippen molar-refractivity contribution in [2.24, 2.45) is 0 Å². The second kappa shape index (κ2) is 6.35. The molecule has 0 saturated carbocycles. The van der Waals surface area contributed by atoms with Crippen LogP contribution in [0.4, 0.5) is 13.2 Å². The molecule has 0 aliphatic heterocycles. The van der Waals surface area contributed by atoms with Gasteiger partial charge in [-0.25, -0.2) is 0 Å². The molecule has 0 radical (unpaired) electrons. The zero-order chi connectivity index (χ0) is 16.2. The number of hydrogen-bond donors (Lipinski definition) is 0. The van der Waals surface area contributed by atoms with Crippen LogP contribution < -0.4 is 4.18 Å². The molecule has 1 heterocycles. The van der Waals surface area contributed by atoms with E-state index in [9.17, 15) is 21.6 Å². The van der Waals surface area contributed by atoms with Gasteiger partial charge in [0.05, 0.1) is 0 Å². The van der Waals surface area contributed by atoms with Gasteiger partial charge in [0, 0.05) is 11.9 Å². The van der Waals surface area contributed by atoms with Crippen molar-refractivity contribution in [3.8, 4) is 5.75 Å². The number of aryl methyl sites for hydroxylation is 2. The molecule has 22 heavy (non-hydrogen) atoms. The predicted molar refractivity (Wildman–Crippen MR) is 73.7 cm³/mol. The van der Waals surface area contributed by atoms with E-state index in [0.29, 0.717) is 12.8 Å². The number of alkyl halides is 3. The van der Waals surface area contributed by atoms with E-state index in [1.54, 1.807) is 12.3 Å². The van der Waals surface area contributed by atoms with Gasteiger partial charge < -0.3 is 4.18 Å². The first-order chi connectivity index (χ1) is 10.3. The molecule has 0 fully saturated rings. The summed E-state index contributed by atoms with van der Waals surface area (Å²) in [4.78, 5) is 4.16. The van der Waals surface area contributed by atoms with E-state index in [1.165, 1.54) is 24.3 Å². The highest BCUT2D eigenvalue weighted by Crippen LogP contribution is 2.27. The summed E-state index contributed by atoms with van der Waals surface area (Å²) in [6.07, 6.45) is 2.97. The predicted octanol–water partition coefficient (Wildman–Crippen LogP) is 3.10. The van der Waals surface area contributed by atoms with E-state index < -0.39 is 15.6 Å². The van der Waals surface area contributed by atoms with Crippen LogP contribution in [0.25, 0.3) is 0 Å². The highest BCUT2D eigenvalue weighted by Gasteiger charge is 2.48.